The lowest BCUT2D eigenvalue weighted by atomic mass is 10.0. The highest BCUT2D eigenvalue weighted by Crippen LogP contribution is 2.33. The standard InChI is InChI=1S/C12H19N3O/c1-8-6-11(9-4-2-3-5-9)15-12(14-8)10(13)7-16/h6,9-10,16H,2-5,7,13H2,1H3. The van der Waals surface area contributed by atoms with Gasteiger partial charge in [0.1, 0.15) is 5.82 Å². The zero-order chi connectivity index (χ0) is 11.5. The van der Waals surface area contributed by atoms with Crippen LogP contribution >= 0.6 is 0 Å². The Hall–Kier alpha value is -1.00. The minimum Gasteiger partial charge on any atom is -0.394 e. The maximum absolute atomic E-state index is 9.03. The van der Waals surface area contributed by atoms with E-state index >= 15 is 0 Å². The molecule has 0 spiro atoms. The number of nitrogens with two attached hydrogens (primary N) is 1. The molecule has 0 saturated heterocycles. The highest BCUT2D eigenvalue weighted by Gasteiger charge is 2.20. The van der Waals surface area contributed by atoms with E-state index in [1.165, 1.54) is 25.7 Å². The summed E-state index contributed by atoms with van der Waals surface area (Å²) in [4.78, 5) is 8.77. The monoisotopic (exact) mass is 221 g/mol. The quantitative estimate of drug-likeness (QED) is 0.810. The summed E-state index contributed by atoms with van der Waals surface area (Å²) in [7, 11) is 0. The number of hydrogen-bond donors (Lipinski definition) is 2. The number of aliphatic hydroxyl groups is 1. The van der Waals surface area contributed by atoms with Crippen LogP contribution in [0.4, 0.5) is 0 Å². The van der Waals surface area contributed by atoms with Gasteiger partial charge < -0.3 is 10.8 Å². The molecule has 0 aromatic carbocycles. The summed E-state index contributed by atoms with van der Waals surface area (Å²) in [5.41, 5.74) is 7.80. The molecule has 4 heteroatoms. The normalized spacial score (nSPS) is 18.9. The Labute approximate surface area is 95.9 Å². The van der Waals surface area contributed by atoms with Crippen molar-refractivity contribution in [2.24, 2.45) is 5.73 Å². The van der Waals surface area contributed by atoms with E-state index in [1.54, 1.807) is 0 Å². The first-order chi connectivity index (χ1) is 7.70. The van der Waals surface area contributed by atoms with Crippen LogP contribution in [0, 0.1) is 6.92 Å². The molecule has 0 radical (unpaired) electrons. The van der Waals surface area contributed by atoms with Crippen molar-refractivity contribution in [3.05, 3.63) is 23.3 Å². The molecule has 1 aliphatic carbocycles. The largest absolute Gasteiger partial charge is 0.394 e. The van der Waals surface area contributed by atoms with Crippen LogP contribution in [-0.2, 0) is 0 Å². The van der Waals surface area contributed by atoms with Gasteiger partial charge in [0.2, 0.25) is 0 Å². The number of aliphatic hydroxyl groups excluding tert-OH is 1. The molecule has 1 unspecified atom stereocenters. The van der Waals surface area contributed by atoms with Crippen LogP contribution < -0.4 is 5.73 Å². The lowest BCUT2D eigenvalue weighted by Crippen LogP contribution is -2.19. The van der Waals surface area contributed by atoms with Gasteiger partial charge in [-0.3, -0.25) is 0 Å². The average Bonchev–Trinajstić information content (AvgIpc) is 2.80. The molecule has 0 aliphatic heterocycles. The third kappa shape index (κ3) is 2.39. The number of rotatable bonds is 3. The van der Waals surface area contributed by atoms with Crippen molar-refractivity contribution in [1.82, 2.24) is 9.97 Å². The van der Waals surface area contributed by atoms with E-state index in [0.29, 0.717) is 11.7 Å². The van der Waals surface area contributed by atoms with Crippen LogP contribution in [0.1, 0.15) is 54.9 Å². The fourth-order valence-corrected chi connectivity index (χ4v) is 2.29. The van der Waals surface area contributed by atoms with Crippen LogP contribution in [0.5, 0.6) is 0 Å². The van der Waals surface area contributed by atoms with Gasteiger partial charge in [0.15, 0.2) is 0 Å². The zero-order valence-corrected chi connectivity index (χ0v) is 9.69. The van der Waals surface area contributed by atoms with Gasteiger partial charge in [0.25, 0.3) is 0 Å². The molecule has 0 amide bonds. The summed E-state index contributed by atoms with van der Waals surface area (Å²) >= 11 is 0. The minimum absolute atomic E-state index is 0.104. The average molecular weight is 221 g/mol. The van der Waals surface area contributed by atoms with Gasteiger partial charge >= 0.3 is 0 Å². The molecular formula is C12H19N3O. The second-order valence-electron chi connectivity index (χ2n) is 4.56. The first kappa shape index (κ1) is 11.5. The molecule has 1 aliphatic rings. The van der Waals surface area contributed by atoms with Crippen molar-refractivity contribution in [3.8, 4) is 0 Å². The summed E-state index contributed by atoms with van der Waals surface area (Å²) in [6, 6.07) is 1.59. The molecule has 2 rings (SSSR count). The lowest BCUT2D eigenvalue weighted by molar-refractivity contribution is 0.263. The number of aromatic nitrogens is 2. The van der Waals surface area contributed by atoms with E-state index in [4.69, 9.17) is 10.8 Å². The van der Waals surface area contributed by atoms with E-state index in [1.807, 2.05) is 13.0 Å². The van der Waals surface area contributed by atoms with Crippen molar-refractivity contribution in [2.75, 3.05) is 6.61 Å². The second kappa shape index (κ2) is 4.89. The van der Waals surface area contributed by atoms with E-state index in [2.05, 4.69) is 9.97 Å². The molecule has 1 fully saturated rings. The maximum Gasteiger partial charge on any atom is 0.147 e. The number of nitrogens with zero attached hydrogens (tertiary/aromatic N) is 2. The molecule has 0 bridgehead atoms. The Kier molecular flexibility index (Phi) is 3.51. The fraction of sp³-hybridized carbons (Fsp3) is 0.667. The van der Waals surface area contributed by atoms with Crippen LogP contribution in [0.25, 0.3) is 0 Å². The van der Waals surface area contributed by atoms with E-state index in [-0.39, 0.29) is 6.61 Å². The number of aryl methyl sites for hydroxylation is 1. The van der Waals surface area contributed by atoms with Gasteiger partial charge in [-0.25, -0.2) is 9.97 Å². The predicted octanol–water partition coefficient (Wildman–Crippen LogP) is 1.43. The smallest absolute Gasteiger partial charge is 0.147 e. The topological polar surface area (TPSA) is 72.0 Å². The summed E-state index contributed by atoms with van der Waals surface area (Å²) in [6.45, 7) is 1.85. The SMILES string of the molecule is Cc1cc(C2CCCC2)nc(C(N)CO)n1. The highest BCUT2D eigenvalue weighted by atomic mass is 16.3. The summed E-state index contributed by atoms with van der Waals surface area (Å²) in [6.07, 6.45) is 5.00. The van der Waals surface area contributed by atoms with Crippen LogP contribution in [-0.4, -0.2) is 21.7 Å². The van der Waals surface area contributed by atoms with Crippen molar-refractivity contribution < 1.29 is 5.11 Å². The Bertz CT molecular complexity index is 361. The Morgan fingerprint density at radius 1 is 1.44 bits per heavy atom. The first-order valence-electron chi connectivity index (χ1n) is 5.92. The van der Waals surface area contributed by atoms with Gasteiger partial charge in [0, 0.05) is 17.3 Å². The Balaban J connectivity index is 2.27. The molecule has 1 aromatic heterocycles. The van der Waals surface area contributed by atoms with Gasteiger partial charge in [-0.05, 0) is 25.8 Å². The fourth-order valence-electron chi connectivity index (χ4n) is 2.29. The Morgan fingerprint density at radius 3 is 2.75 bits per heavy atom. The predicted molar refractivity (Wildman–Crippen MR) is 62.0 cm³/mol. The van der Waals surface area contributed by atoms with Crippen LogP contribution in [0.15, 0.2) is 6.07 Å². The highest BCUT2D eigenvalue weighted by molar-refractivity contribution is 5.16. The second-order valence-corrected chi connectivity index (χ2v) is 4.56. The lowest BCUT2D eigenvalue weighted by Gasteiger charge is -2.13. The van der Waals surface area contributed by atoms with Crippen molar-refractivity contribution in [2.45, 2.75) is 44.6 Å². The Morgan fingerprint density at radius 2 is 2.12 bits per heavy atom. The minimum atomic E-state index is -0.458. The van der Waals surface area contributed by atoms with Crippen LogP contribution in [0.3, 0.4) is 0 Å². The maximum atomic E-state index is 9.03. The van der Waals surface area contributed by atoms with Crippen molar-refractivity contribution in [1.29, 1.82) is 0 Å². The third-order valence-corrected chi connectivity index (χ3v) is 3.19. The summed E-state index contributed by atoms with van der Waals surface area (Å²) in [5, 5.41) is 9.03. The molecule has 1 heterocycles. The van der Waals surface area contributed by atoms with Gasteiger partial charge in [-0.2, -0.15) is 0 Å². The van der Waals surface area contributed by atoms with Gasteiger partial charge in [-0.15, -0.1) is 0 Å². The van der Waals surface area contributed by atoms with E-state index in [9.17, 15) is 0 Å². The molecule has 1 atom stereocenters. The molecule has 4 nitrogen and oxygen atoms in total. The van der Waals surface area contributed by atoms with Gasteiger partial charge in [0.05, 0.1) is 12.6 Å². The zero-order valence-electron chi connectivity index (χ0n) is 9.69. The molecule has 3 N–H and O–H groups in total. The third-order valence-electron chi connectivity index (χ3n) is 3.19. The summed E-state index contributed by atoms with van der Waals surface area (Å²) < 4.78 is 0. The molecule has 88 valence electrons. The first-order valence-corrected chi connectivity index (χ1v) is 5.92. The van der Waals surface area contributed by atoms with E-state index < -0.39 is 6.04 Å². The van der Waals surface area contributed by atoms with E-state index in [0.717, 1.165) is 11.4 Å². The van der Waals surface area contributed by atoms with Crippen molar-refractivity contribution >= 4 is 0 Å². The molecular weight excluding hydrogens is 202 g/mol. The summed E-state index contributed by atoms with van der Waals surface area (Å²) in [5.74, 6) is 1.13. The molecule has 1 aromatic rings. The number of hydrogen-bond acceptors (Lipinski definition) is 4. The van der Waals surface area contributed by atoms with Gasteiger partial charge in [-0.1, -0.05) is 12.8 Å². The molecule has 16 heavy (non-hydrogen) atoms. The van der Waals surface area contributed by atoms with Crippen molar-refractivity contribution in [3.63, 3.8) is 0 Å². The van der Waals surface area contributed by atoms with Crippen LogP contribution in [0.2, 0.25) is 0 Å². The molecule has 1 saturated carbocycles.